The number of nitrogens with one attached hydrogen (secondary N) is 1. The number of hydrogen-bond acceptors (Lipinski definition) is 3. The molecule has 0 aliphatic rings. The number of hydrogen-bond donors (Lipinski definition) is 1. The van der Waals surface area contributed by atoms with Crippen LogP contribution in [-0.4, -0.2) is 23.0 Å². The minimum Gasteiger partial charge on any atom is -0.463 e. The first-order valence-corrected chi connectivity index (χ1v) is 8.50. The fraction of sp³-hybridized carbons (Fsp3) is 0.0588. The topological polar surface area (TPSA) is 55.0 Å². The largest absolute Gasteiger partial charge is 0.463 e. The highest BCUT2D eigenvalue weighted by atomic mass is 35.5. The summed E-state index contributed by atoms with van der Waals surface area (Å²) >= 11 is 24.4. The molecule has 8 heteroatoms. The van der Waals surface area contributed by atoms with Gasteiger partial charge in [0, 0.05) is 31.2 Å². The van der Waals surface area contributed by atoms with E-state index in [-0.39, 0.29) is 5.82 Å². The number of methoxy groups -OCH3 is 1. The van der Waals surface area contributed by atoms with E-state index in [0.29, 0.717) is 42.6 Å². The molecule has 0 aliphatic heterocycles. The predicted octanol–water partition coefficient (Wildman–Crippen LogP) is 6.14. The number of ether oxygens (including phenoxy) is 1. The van der Waals surface area contributed by atoms with Crippen LogP contribution in [-0.2, 0) is 4.74 Å². The fourth-order valence-electron chi connectivity index (χ4n) is 2.37. The van der Waals surface area contributed by atoms with Crippen molar-refractivity contribution in [1.82, 2.24) is 9.97 Å². The smallest absolute Gasteiger partial charge is 0.374 e. The number of aromatic nitrogens is 2. The second kappa shape index (κ2) is 7.26. The molecular formula is C17H10Cl4N2O2. The molecule has 0 amide bonds. The molecular weight excluding hydrogens is 406 g/mol. The highest BCUT2D eigenvalue weighted by Crippen LogP contribution is 2.35. The van der Waals surface area contributed by atoms with Crippen LogP contribution in [0.25, 0.3) is 22.5 Å². The average Bonchev–Trinajstić information content (AvgIpc) is 2.97. The Bertz CT molecular complexity index is 860. The van der Waals surface area contributed by atoms with E-state index in [1.54, 1.807) is 36.4 Å². The first-order chi connectivity index (χ1) is 11.9. The number of halogens is 4. The molecule has 0 spiro atoms. The Labute approximate surface area is 163 Å². The number of esters is 1. The fourth-order valence-corrected chi connectivity index (χ4v) is 3.43. The molecule has 0 fully saturated rings. The van der Waals surface area contributed by atoms with Crippen LogP contribution in [0.2, 0.25) is 20.1 Å². The van der Waals surface area contributed by atoms with Gasteiger partial charge in [0.25, 0.3) is 0 Å². The van der Waals surface area contributed by atoms with Crippen LogP contribution in [0.15, 0.2) is 36.4 Å². The zero-order valence-corrected chi connectivity index (χ0v) is 15.8. The van der Waals surface area contributed by atoms with E-state index in [9.17, 15) is 4.79 Å². The Kier molecular flexibility index (Phi) is 5.25. The number of benzene rings is 2. The molecule has 25 heavy (non-hydrogen) atoms. The number of aromatic amines is 1. The van der Waals surface area contributed by atoms with Gasteiger partial charge >= 0.3 is 5.97 Å². The van der Waals surface area contributed by atoms with Crippen molar-refractivity contribution in [2.45, 2.75) is 0 Å². The van der Waals surface area contributed by atoms with E-state index in [1.807, 2.05) is 0 Å². The van der Waals surface area contributed by atoms with Gasteiger partial charge in [-0.05, 0) is 36.4 Å². The summed E-state index contributed by atoms with van der Waals surface area (Å²) in [5.74, 6) is -0.562. The highest BCUT2D eigenvalue weighted by Gasteiger charge is 2.20. The van der Waals surface area contributed by atoms with Crippen molar-refractivity contribution in [3.8, 4) is 22.5 Å². The molecule has 0 saturated carbocycles. The Hall–Kier alpha value is -1.72. The monoisotopic (exact) mass is 414 g/mol. The van der Waals surface area contributed by atoms with Crippen LogP contribution in [0.5, 0.6) is 0 Å². The Morgan fingerprint density at radius 2 is 1.36 bits per heavy atom. The van der Waals surface area contributed by atoms with E-state index >= 15 is 0 Å². The van der Waals surface area contributed by atoms with E-state index in [0.717, 1.165) is 0 Å². The first-order valence-electron chi connectivity index (χ1n) is 6.98. The number of nitrogens with zero attached hydrogens (tertiary/aromatic N) is 1. The molecule has 2 aromatic carbocycles. The molecule has 0 aliphatic carbocycles. The summed E-state index contributed by atoms with van der Waals surface area (Å²) in [7, 11) is 1.27. The number of carbonyl (C=O) groups is 1. The molecule has 0 radical (unpaired) electrons. The highest BCUT2D eigenvalue weighted by molar-refractivity contribution is 6.35. The van der Waals surface area contributed by atoms with E-state index < -0.39 is 5.97 Å². The van der Waals surface area contributed by atoms with Gasteiger partial charge in [0.15, 0.2) is 0 Å². The van der Waals surface area contributed by atoms with Crippen molar-refractivity contribution < 1.29 is 9.53 Å². The van der Waals surface area contributed by atoms with Gasteiger partial charge in [-0.3, -0.25) is 0 Å². The molecule has 128 valence electrons. The van der Waals surface area contributed by atoms with Crippen molar-refractivity contribution in [3.05, 3.63) is 62.3 Å². The molecule has 0 bridgehead atoms. The molecule has 4 nitrogen and oxygen atoms in total. The molecule has 0 saturated heterocycles. The second-order valence-electron chi connectivity index (χ2n) is 5.12. The van der Waals surface area contributed by atoms with Crippen LogP contribution in [0.4, 0.5) is 0 Å². The zero-order valence-electron chi connectivity index (χ0n) is 12.7. The van der Waals surface area contributed by atoms with Crippen LogP contribution in [0, 0.1) is 0 Å². The van der Waals surface area contributed by atoms with Gasteiger partial charge in [-0.2, -0.15) is 0 Å². The number of imidazole rings is 1. The lowest BCUT2D eigenvalue weighted by molar-refractivity contribution is 0.0588. The molecule has 1 heterocycles. The predicted molar refractivity (Wildman–Crippen MR) is 101 cm³/mol. The van der Waals surface area contributed by atoms with E-state index in [2.05, 4.69) is 9.97 Å². The summed E-state index contributed by atoms with van der Waals surface area (Å²) in [5, 5.41) is 1.79. The lowest BCUT2D eigenvalue weighted by Crippen LogP contribution is -2.03. The molecule has 3 aromatic rings. The SMILES string of the molecule is COC(=O)c1nc(-c2cc(Cl)cc(Cl)c2)c(-c2cc(Cl)cc(Cl)c2)[nH]1. The Balaban J connectivity index is 2.25. The number of H-pyrrole nitrogens is 1. The third-order valence-corrected chi connectivity index (χ3v) is 4.24. The van der Waals surface area contributed by atoms with Crippen molar-refractivity contribution in [2.75, 3.05) is 7.11 Å². The minimum atomic E-state index is -0.603. The maximum atomic E-state index is 11.9. The van der Waals surface area contributed by atoms with E-state index in [4.69, 9.17) is 51.1 Å². The van der Waals surface area contributed by atoms with Crippen molar-refractivity contribution in [3.63, 3.8) is 0 Å². The van der Waals surface area contributed by atoms with Crippen molar-refractivity contribution in [1.29, 1.82) is 0 Å². The normalized spacial score (nSPS) is 10.8. The van der Waals surface area contributed by atoms with Crippen molar-refractivity contribution >= 4 is 52.4 Å². The summed E-state index contributed by atoms with van der Waals surface area (Å²) < 4.78 is 4.73. The standard InChI is InChI=1S/C17H10Cl4N2O2/c1-25-17(24)16-22-14(8-2-10(18)6-11(19)3-8)15(23-16)9-4-12(20)7-13(21)5-9/h2-7H,1H3,(H,22,23). The zero-order chi connectivity index (χ0) is 18.1. The maximum absolute atomic E-state index is 11.9. The summed E-state index contributed by atoms with van der Waals surface area (Å²) in [4.78, 5) is 19.2. The summed E-state index contributed by atoms with van der Waals surface area (Å²) in [6.45, 7) is 0. The molecule has 3 rings (SSSR count). The molecule has 1 N–H and O–H groups in total. The van der Waals surface area contributed by atoms with Crippen LogP contribution >= 0.6 is 46.4 Å². The van der Waals surface area contributed by atoms with Crippen LogP contribution in [0.3, 0.4) is 0 Å². The van der Waals surface area contributed by atoms with Gasteiger partial charge in [-0.25, -0.2) is 9.78 Å². The van der Waals surface area contributed by atoms with Gasteiger partial charge < -0.3 is 9.72 Å². The quantitative estimate of drug-likeness (QED) is 0.522. The van der Waals surface area contributed by atoms with Crippen molar-refractivity contribution in [2.24, 2.45) is 0 Å². The molecule has 0 atom stereocenters. The van der Waals surface area contributed by atoms with Crippen LogP contribution < -0.4 is 0 Å². The van der Waals surface area contributed by atoms with Crippen LogP contribution in [0.1, 0.15) is 10.6 Å². The average molecular weight is 416 g/mol. The number of rotatable bonds is 3. The van der Waals surface area contributed by atoms with E-state index in [1.165, 1.54) is 7.11 Å². The van der Waals surface area contributed by atoms with Gasteiger partial charge in [0.2, 0.25) is 5.82 Å². The third kappa shape index (κ3) is 3.93. The maximum Gasteiger partial charge on any atom is 0.374 e. The molecule has 1 aromatic heterocycles. The first kappa shape index (κ1) is 18.1. The van der Waals surface area contributed by atoms with Gasteiger partial charge in [-0.15, -0.1) is 0 Å². The lowest BCUT2D eigenvalue weighted by atomic mass is 10.1. The minimum absolute atomic E-state index is 0.0414. The second-order valence-corrected chi connectivity index (χ2v) is 6.86. The third-order valence-electron chi connectivity index (χ3n) is 3.37. The summed E-state index contributed by atoms with van der Waals surface area (Å²) in [5.41, 5.74) is 2.31. The Morgan fingerprint density at radius 1 is 0.880 bits per heavy atom. The lowest BCUT2D eigenvalue weighted by Gasteiger charge is -2.06. The Morgan fingerprint density at radius 3 is 1.84 bits per heavy atom. The summed E-state index contributed by atoms with van der Waals surface area (Å²) in [6, 6.07) is 10.0. The summed E-state index contributed by atoms with van der Waals surface area (Å²) in [6.07, 6.45) is 0. The molecule has 0 unspecified atom stereocenters. The van der Waals surface area contributed by atoms with Gasteiger partial charge in [-0.1, -0.05) is 46.4 Å². The van der Waals surface area contributed by atoms with Gasteiger partial charge in [0.1, 0.15) is 0 Å². The number of carbonyl (C=O) groups excluding carboxylic acids is 1. The van der Waals surface area contributed by atoms with Gasteiger partial charge in [0.05, 0.1) is 18.5 Å².